The molecule has 2 aromatic rings. The van der Waals surface area contributed by atoms with Crippen molar-refractivity contribution >= 4 is 0 Å². The van der Waals surface area contributed by atoms with Gasteiger partial charge in [0.25, 0.3) is 0 Å². The second kappa shape index (κ2) is 7.50. The van der Waals surface area contributed by atoms with E-state index in [1.165, 1.54) is 22.3 Å². The number of hydrogen-bond donors (Lipinski definition) is 2. The number of fused-ring (bicyclic) bond motifs is 3. The van der Waals surface area contributed by atoms with Gasteiger partial charge in [0.15, 0.2) is 0 Å². The number of benzene rings is 2. The summed E-state index contributed by atoms with van der Waals surface area (Å²) in [6, 6.07) is 17.4. The molecule has 0 aliphatic heterocycles. The molecule has 2 nitrogen and oxygen atoms in total. The molecular formula is C15H17O2Ti. The monoisotopic (exact) mass is 277 g/mol. The summed E-state index contributed by atoms with van der Waals surface area (Å²) in [4.78, 5) is 0. The summed E-state index contributed by atoms with van der Waals surface area (Å²) in [5.41, 5.74) is 5.76. The Labute approximate surface area is 120 Å². The third kappa shape index (κ3) is 2.73. The molecule has 0 aromatic heterocycles. The Balaban J connectivity index is 0.000000371. The minimum atomic E-state index is 0.558. The number of aliphatic hydroxyl groups excluding tert-OH is 2. The van der Waals surface area contributed by atoms with E-state index >= 15 is 0 Å². The Morgan fingerprint density at radius 1 is 0.722 bits per heavy atom. The van der Waals surface area contributed by atoms with Crippen LogP contribution in [0.3, 0.4) is 0 Å². The normalized spacial score (nSPS) is 11.3. The van der Waals surface area contributed by atoms with Crippen molar-refractivity contribution in [3.8, 4) is 11.1 Å². The summed E-state index contributed by atoms with van der Waals surface area (Å²) in [5, 5.41) is 14.0. The first-order chi connectivity index (χ1) is 8.88. The number of rotatable bonds is 0. The maximum atomic E-state index is 7.00. The molecule has 2 N–H and O–H groups in total. The predicted molar refractivity (Wildman–Crippen MR) is 70.0 cm³/mol. The van der Waals surface area contributed by atoms with Crippen LogP contribution in [0, 0.1) is 0 Å². The van der Waals surface area contributed by atoms with Gasteiger partial charge >= 0.3 is 95.4 Å². The van der Waals surface area contributed by atoms with Crippen molar-refractivity contribution in [3.63, 3.8) is 0 Å². The second-order valence-corrected chi connectivity index (χ2v) is 4.51. The van der Waals surface area contributed by atoms with Crippen LogP contribution in [0.5, 0.6) is 0 Å². The van der Waals surface area contributed by atoms with Crippen LogP contribution in [0.2, 0.25) is 0 Å². The maximum absolute atomic E-state index is 7.00. The van der Waals surface area contributed by atoms with Crippen molar-refractivity contribution in [1.82, 2.24) is 0 Å². The van der Waals surface area contributed by atoms with E-state index in [0.717, 1.165) is 14.2 Å². The Morgan fingerprint density at radius 2 is 1.06 bits per heavy atom. The number of hydrogen-bond acceptors (Lipinski definition) is 2. The van der Waals surface area contributed by atoms with Crippen molar-refractivity contribution in [1.29, 1.82) is 0 Å². The van der Waals surface area contributed by atoms with Gasteiger partial charge in [-0.2, -0.15) is 0 Å². The van der Waals surface area contributed by atoms with Crippen LogP contribution in [0.25, 0.3) is 11.1 Å². The van der Waals surface area contributed by atoms with Crippen molar-refractivity contribution in [3.05, 3.63) is 59.7 Å². The summed E-state index contributed by atoms with van der Waals surface area (Å²) in [6.45, 7) is 0. The molecule has 0 spiro atoms. The van der Waals surface area contributed by atoms with Crippen LogP contribution < -0.4 is 0 Å². The Hall–Kier alpha value is -0.926. The van der Waals surface area contributed by atoms with Crippen LogP contribution in [0.1, 0.15) is 15.3 Å². The van der Waals surface area contributed by atoms with Crippen molar-refractivity contribution < 1.29 is 30.6 Å². The third-order valence-electron chi connectivity index (χ3n) is 2.83. The first-order valence-electron chi connectivity index (χ1n) is 5.67. The van der Waals surface area contributed by atoms with Gasteiger partial charge in [-0.05, 0) is 0 Å². The molecule has 0 heterocycles. The van der Waals surface area contributed by atoms with E-state index in [1.54, 1.807) is 0 Å². The Kier molecular flexibility index (Phi) is 6.30. The average molecular weight is 277 g/mol. The van der Waals surface area contributed by atoms with E-state index in [2.05, 4.69) is 69.0 Å². The molecule has 0 unspecified atom stereocenters. The van der Waals surface area contributed by atoms with Gasteiger partial charge in [0.05, 0.1) is 0 Å². The van der Waals surface area contributed by atoms with E-state index in [4.69, 9.17) is 10.2 Å². The predicted octanol–water partition coefficient (Wildman–Crippen LogP) is 2.52. The van der Waals surface area contributed by atoms with Gasteiger partial charge in [0, 0.05) is 14.2 Å². The van der Waals surface area contributed by atoms with Crippen LogP contribution in [-0.2, 0) is 20.4 Å². The first kappa shape index (κ1) is 15.1. The summed E-state index contributed by atoms with van der Waals surface area (Å²) < 4.78 is 0.558. The fourth-order valence-corrected chi connectivity index (χ4v) is 2.94. The molecular weight excluding hydrogens is 260 g/mol. The fourth-order valence-electron chi connectivity index (χ4n) is 2.16. The zero-order valence-corrected chi connectivity index (χ0v) is 12.2. The Bertz CT molecular complexity index is 452. The first-order valence-corrected chi connectivity index (χ1v) is 6.57. The summed E-state index contributed by atoms with van der Waals surface area (Å²) in [6.07, 6.45) is 0. The molecule has 93 valence electrons. The molecule has 0 bridgehead atoms. The Morgan fingerprint density at radius 3 is 1.44 bits per heavy atom. The van der Waals surface area contributed by atoms with Gasteiger partial charge in [0.2, 0.25) is 0 Å². The molecule has 0 atom stereocenters. The molecule has 3 rings (SSSR count). The van der Waals surface area contributed by atoms with Crippen LogP contribution in [0.15, 0.2) is 48.5 Å². The third-order valence-corrected chi connectivity index (χ3v) is 3.81. The quantitative estimate of drug-likeness (QED) is 0.726. The minimum absolute atomic E-state index is 0.558. The van der Waals surface area contributed by atoms with Gasteiger partial charge in [-0.25, -0.2) is 0 Å². The van der Waals surface area contributed by atoms with Crippen molar-refractivity contribution in [2.24, 2.45) is 0 Å². The molecule has 0 fully saturated rings. The molecule has 1 aliphatic rings. The summed E-state index contributed by atoms with van der Waals surface area (Å²) in [5.74, 6) is 0. The van der Waals surface area contributed by atoms with E-state index in [9.17, 15) is 0 Å². The standard InChI is InChI=1S/C13H9.2CH4O.Ti/c1-3-7-12-10(5-1)9-11-6-2-4-8-13(11)12;2*1-2;/h1-9H;2*2H,1H3;. The van der Waals surface area contributed by atoms with Gasteiger partial charge in [-0.1, -0.05) is 0 Å². The van der Waals surface area contributed by atoms with Gasteiger partial charge < -0.3 is 10.2 Å². The van der Waals surface area contributed by atoms with E-state index < -0.39 is 0 Å². The van der Waals surface area contributed by atoms with Gasteiger partial charge in [0.1, 0.15) is 0 Å². The zero-order valence-electron chi connectivity index (χ0n) is 10.6. The topological polar surface area (TPSA) is 40.5 Å². The van der Waals surface area contributed by atoms with E-state index in [-0.39, 0.29) is 0 Å². The molecule has 0 radical (unpaired) electrons. The van der Waals surface area contributed by atoms with Gasteiger partial charge in [-0.15, -0.1) is 0 Å². The second-order valence-electron chi connectivity index (χ2n) is 3.61. The van der Waals surface area contributed by atoms with Crippen LogP contribution in [-0.4, -0.2) is 24.4 Å². The number of aliphatic hydroxyl groups is 2. The van der Waals surface area contributed by atoms with Gasteiger partial charge in [-0.3, -0.25) is 0 Å². The SMILES string of the molecule is CO.CO.[Ti][CH]1c2ccccc2-c2ccccc21. The van der Waals surface area contributed by atoms with Crippen LogP contribution >= 0.6 is 0 Å². The molecule has 18 heavy (non-hydrogen) atoms. The fraction of sp³-hybridized carbons (Fsp3) is 0.200. The van der Waals surface area contributed by atoms with Crippen LogP contribution in [0.4, 0.5) is 0 Å². The summed E-state index contributed by atoms with van der Waals surface area (Å²) >= 11 is 2.28. The van der Waals surface area contributed by atoms with Crippen molar-refractivity contribution in [2.45, 2.75) is 4.22 Å². The van der Waals surface area contributed by atoms with Crippen molar-refractivity contribution in [2.75, 3.05) is 14.2 Å². The average Bonchev–Trinajstić information content (AvgIpc) is 2.78. The molecule has 3 heteroatoms. The molecule has 0 amide bonds. The van der Waals surface area contributed by atoms with E-state index in [0.29, 0.717) is 4.22 Å². The van der Waals surface area contributed by atoms with E-state index in [1.807, 2.05) is 0 Å². The summed E-state index contributed by atoms with van der Waals surface area (Å²) in [7, 11) is 2.00. The molecule has 2 aromatic carbocycles. The zero-order chi connectivity index (χ0) is 13.5. The molecule has 0 saturated heterocycles. The molecule has 0 saturated carbocycles. The molecule has 1 aliphatic carbocycles.